The highest BCUT2D eigenvalue weighted by molar-refractivity contribution is 6.09. The molecule has 3 heteroatoms. The summed E-state index contributed by atoms with van der Waals surface area (Å²) in [5, 5.41) is 0. The molecule has 0 saturated heterocycles. The lowest BCUT2D eigenvalue weighted by Crippen LogP contribution is -2.32. The molecule has 1 aliphatic rings. The van der Waals surface area contributed by atoms with E-state index in [1.807, 2.05) is 18.2 Å². The molecule has 120 valence electrons. The number of ketones is 1. The summed E-state index contributed by atoms with van der Waals surface area (Å²) >= 11 is 0. The van der Waals surface area contributed by atoms with E-state index in [9.17, 15) is 9.18 Å². The molecule has 0 saturated carbocycles. The molecular formula is C20H22FNO. The largest absolute Gasteiger partial charge is 0.371 e. The molecule has 0 atom stereocenters. The maximum Gasteiger partial charge on any atom is 0.195 e. The Morgan fingerprint density at radius 3 is 2.74 bits per heavy atom. The van der Waals surface area contributed by atoms with Gasteiger partial charge in [-0.3, -0.25) is 4.79 Å². The Balaban J connectivity index is 1.92. The minimum Gasteiger partial charge on any atom is -0.371 e. The fourth-order valence-electron chi connectivity index (χ4n) is 3.25. The molecule has 0 aromatic heterocycles. The van der Waals surface area contributed by atoms with Crippen molar-refractivity contribution in [3.05, 3.63) is 65.0 Å². The molecule has 0 unspecified atom stereocenters. The first-order valence-corrected chi connectivity index (χ1v) is 8.23. The van der Waals surface area contributed by atoms with Gasteiger partial charge in [0.15, 0.2) is 5.78 Å². The van der Waals surface area contributed by atoms with Gasteiger partial charge < -0.3 is 4.90 Å². The molecule has 0 radical (unpaired) electrons. The first kappa shape index (κ1) is 15.7. The molecule has 0 aliphatic carbocycles. The van der Waals surface area contributed by atoms with Crippen LogP contribution in [0.3, 0.4) is 0 Å². The third-order valence-corrected chi connectivity index (χ3v) is 4.26. The van der Waals surface area contributed by atoms with E-state index in [4.69, 9.17) is 0 Å². The summed E-state index contributed by atoms with van der Waals surface area (Å²) in [6.45, 7) is 6.51. The first-order valence-electron chi connectivity index (χ1n) is 8.23. The van der Waals surface area contributed by atoms with Gasteiger partial charge in [0.1, 0.15) is 5.82 Å². The number of anilines is 1. The van der Waals surface area contributed by atoms with E-state index in [0.29, 0.717) is 11.5 Å². The van der Waals surface area contributed by atoms with Crippen molar-refractivity contribution in [3.63, 3.8) is 0 Å². The van der Waals surface area contributed by atoms with Gasteiger partial charge in [0.25, 0.3) is 0 Å². The highest BCUT2D eigenvalue weighted by atomic mass is 19.1. The summed E-state index contributed by atoms with van der Waals surface area (Å²) < 4.78 is 13.8. The molecule has 0 amide bonds. The SMILES string of the molecule is CC(C)CN1CCCc2cc(C(=O)c3ccccc3F)ccc21. The molecule has 0 bridgehead atoms. The predicted molar refractivity (Wildman–Crippen MR) is 91.6 cm³/mol. The van der Waals surface area contributed by atoms with Crippen molar-refractivity contribution in [3.8, 4) is 0 Å². The van der Waals surface area contributed by atoms with Crippen LogP contribution in [0.15, 0.2) is 42.5 Å². The molecule has 1 heterocycles. The third kappa shape index (κ3) is 3.29. The number of rotatable bonds is 4. The molecule has 0 spiro atoms. The summed E-state index contributed by atoms with van der Waals surface area (Å²) in [7, 11) is 0. The zero-order valence-electron chi connectivity index (χ0n) is 13.7. The second-order valence-corrected chi connectivity index (χ2v) is 6.60. The number of nitrogens with zero attached hydrogens (tertiary/aromatic N) is 1. The van der Waals surface area contributed by atoms with Crippen LogP contribution in [0.1, 0.15) is 41.8 Å². The number of carbonyl (C=O) groups is 1. The van der Waals surface area contributed by atoms with Gasteiger partial charge in [-0.15, -0.1) is 0 Å². The Hall–Kier alpha value is -2.16. The Morgan fingerprint density at radius 2 is 2.00 bits per heavy atom. The van der Waals surface area contributed by atoms with Crippen LogP contribution in [0, 0.1) is 11.7 Å². The molecule has 1 aliphatic heterocycles. The summed E-state index contributed by atoms with van der Waals surface area (Å²) in [4.78, 5) is 14.9. The van der Waals surface area contributed by atoms with E-state index in [-0.39, 0.29) is 11.3 Å². The van der Waals surface area contributed by atoms with Gasteiger partial charge >= 0.3 is 0 Å². The first-order chi connectivity index (χ1) is 11.1. The molecule has 3 rings (SSSR count). The van der Waals surface area contributed by atoms with Gasteiger partial charge in [-0.25, -0.2) is 4.39 Å². The molecule has 23 heavy (non-hydrogen) atoms. The monoisotopic (exact) mass is 311 g/mol. The fourth-order valence-corrected chi connectivity index (χ4v) is 3.25. The summed E-state index contributed by atoms with van der Waals surface area (Å²) in [6, 6.07) is 12.0. The van der Waals surface area contributed by atoms with E-state index in [1.54, 1.807) is 18.2 Å². The zero-order valence-corrected chi connectivity index (χ0v) is 13.7. The van der Waals surface area contributed by atoms with E-state index >= 15 is 0 Å². The molecular weight excluding hydrogens is 289 g/mol. The van der Waals surface area contributed by atoms with Gasteiger partial charge in [0.05, 0.1) is 5.56 Å². The lowest BCUT2D eigenvalue weighted by Gasteiger charge is -2.33. The van der Waals surface area contributed by atoms with Crippen LogP contribution in [0.4, 0.5) is 10.1 Å². The van der Waals surface area contributed by atoms with Crippen LogP contribution in [0.5, 0.6) is 0 Å². The van der Waals surface area contributed by atoms with E-state index < -0.39 is 5.82 Å². The van der Waals surface area contributed by atoms with Crippen molar-refractivity contribution < 1.29 is 9.18 Å². The van der Waals surface area contributed by atoms with Crippen LogP contribution >= 0.6 is 0 Å². The molecule has 2 aromatic carbocycles. The van der Waals surface area contributed by atoms with Gasteiger partial charge in [-0.05, 0) is 54.7 Å². The Morgan fingerprint density at radius 1 is 1.22 bits per heavy atom. The fraction of sp³-hybridized carbons (Fsp3) is 0.350. The smallest absolute Gasteiger partial charge is 0.195 e. The highest BCUT2D eigenvalue weighted by Crippen LogP contribution is 2.29. The van der Waals surface area contributed by atoms with E-state index in [0.717, 1.165) is 25.9 Å². The Kier molecular flexibility index (Phi) is 4.46. The number of halogens is 1. The summed E-state index contributed by atoms with van der Waals surface area (Å²) in [6.07, 6.45) is 2.07. The van der Waals surface area contributed by atoms with Gasteiger partial charge in [-0.1, -0.05) is 26.0 Å². The quantitative estimate of drug-likeness (QED) is 0.777. The van der Waals surface area contributed by atoms with Gasteiger partial charge in [0, 0.05) is 24.3 Å². The second kappa shape index (κ2) is 6.53. The van der Waals surface area contributed by atoms with E-state index in [1.165, 1.54) is 17.3 Å². The average Bonchev–Trinajstić information content (AvgIpc) is 2.54. The number of benzene rings is 2. The lowest BCUT2D eigenvalue weighted by molar-refractivity contribution is 0.103. The van der Waals surface area contributed by atoms with Crippen molar-refractivity contribution >= 4 is 11.5 Å². The van der Waals surface area contributed by atoms with Crippen molar-refractivity contribution in [1.82, 2.24) is 0 Å². The number of aryl methyl sites for hydroxylation is 1. The van der Waals surface area contributed by atoms with E-state index in [2.05, 4.69) is 18.7 Å². The summed E-state index contributed by atoms with van der Waals surface area (Å²) in [5.74, 6) is -0.107. The third-order valence-electron chi connectivity index (χ3n) is 4.26. The predicted octanol–water partition coefficient (Wildman–Crippen LogP) is 4.47. The van der Waals surface area contributed by atoms with Crippen molar-refractivity contribution in [1.29, 1.82) is 0 Å². The Bertz CT molecular complexity index is 723. The lowest BCUT2D eigenvalue weighted by atomic mass is 9.95. The van der Waals surface area contributed by atoms with Gasteiger partial charge in [0.2, 0.25) is 0 Å². The van der Waals surface area contributed by atoms with Crippen LogP contribution in [-0.4, -0.2) is 18.9 Å². The second-order valence-electron chi connectivity index (χ2n) is 6.60. The topological polar surface area (TPSA) is 20.3 Å². The van der Waals surface area contributed by atoms with Crippen molar-refractivity contribution in [2.45, 2.75) is 26.7 Å². The van der Waals surface area contributed by atoms with Crippen molar-refractivity contribution in [2.24, 2.45) is 5.92 Å². The van der Waals surface area contributed by atoms with Crippen LogP contribution < -0.4 is 4.90 Å². The van der Waals surface area contributed by atoms with Crippen molar-refractivity contribution in [2.75, 3.05) is 18.0 Å². The molecule has 2 nitrogen and oxygen atoms in total. The van der Waals surface area contributed by atoms with Crippen LogP contribution in [0.2, 0.25) is 0 Å². The van der Waals surface area contributed by atoms with Crippen LogP contribution in [-0.2, 0) is 6.42 Å². The molecule has 0 N–H and O–H groups in total. The zero-order chi connectivity index (χ0) is 16.4. The van der Waals surface area contributed by atoms with Crippen LogP contribution in [0.25, 0.3) is 0 Å². The minimum atomic E-state index is -0.461. The maximum absolute atomic E-state index is 13.8. The highest BCUT2D eigenvalue weighted by Gasteiger charge is 2.20. The molecule has 2 aromatic rings. The normalized spacial score (nSPS) is 14.0. The molecule has 0 fully saturated rings. The van der Waals surface area contributed by atoms with Gasteiger partial charge in [-0.2, -0.15) is 0 Å². The average molecular weight is 311 g/mol. The Labute approximate surface area is 136 Å². The number of hydrogen-bond donors (Lipinski definition) is 0. The summed E-state index contributed by atoms with van der Waals surface area (Å²) in [5.41, 5.74) is 3.12. The maximum atomic E-state index is 13.8. The minimum absolute atomic E-state index is 0.141. The number of hydrogen-bond acceptors (Lipinski definition) is 2. The number of carbonyl (C=O) groups excluding carboxylic acids is 1. The standard InChI is InChI=1S/C20H22FNO/c1-14(2)13-22-11-5-6-15-12-16(9-10-19(15)22)20(23)17-7-3-4-8-18(17)21/h3-4,7-10,12,14H,5-6,11,13H2,1-2H3. The number of fused-ring (bicyclic) bond motifs is 1.